The number of aliphatic imine (C=N–C) groups is 1. The van der Waals surface area contributed by atoms with Gasteiger partial charge in [0.15, 0.2) is 5.17 Å². The van der Waals surface area contributed by atoms with Gasteiger partial charge in [-0.25, -0.2) is 9.38 Å². The Hall–Kier alpha value is -3.58. The number of amides is 1. The fourth-order valence-corrected chi connectivity index (χ4v) is 4.25. The van der Waals surface area contributed by atoms with Crippen LogP contribution in [0.25, 0.3) is 6.08 Å². The van der Waals surface area contributed by atoms with Crippen molar-refractivity contribution in [3.05, 3.63) is 95.4 Å². The van der Waals surface area contributed by atoms with Gasteiger partial charge in [0.05, 0.1) is 19.9 Å². The molecule has 1 aliphatic heterocycles. The summed E-state index contributed by atoms with van der Waals surface area (Å²) < 4.78 is 24.3. The van der Waals surface area contributed by atoms with Gasteiger partial charge in [-0.1, -0.05) is 42.1 Å². The summed E-state index contributed by atoms with van der Waals surface area (Å²) in [5.74, 6) is 1.30. The quantitative estimate of drug-likeness (QED) is 0.466. The van der Waals surface area contributed by atoms with E-state index in [0.29, 0.717) is 28.1 Å². The van der Waals surface area contributed by atoms with Gasteiger partial charge in [0.2, 0.25) is 0 Å². The van der Waals surface area contributed by atoms with Crippen LogP contribution in [-0.4, -0.2) is 25.3 Å². The molecule has 0 saturated heterocycles. The van der Waals surface area contributed by atoms with Crippen LogP contribution in [0.1, 0.15) is 11.1 Å². The minimum Gasteiger partial charge on any atom is -0.497 e. The van der Waals surface area contributed by atoms with Gasteiger partial charge in [0.25, 0.3) is 5.91 Å². The maximum atomic E-state index is 13.5. The molecule has 32 heavy (non-hydrogen) atoms. The number of carbonyl (C=O) groups excluding carboxylic acids is 1. The van der Waals surface area contributed by atoms with E-state index in [1.165, 1.54) is 28.8 Å². The van der Waals surface area contributed by atoms with E-state index in [1.54, 1.807) is 32.4 Å². The second-order valence-electron chi connectivity index (χ2n) is 6.92. The molecule has 3 aromatic rings. The van der Waals surface area contributed by atoms with Gasteiger partial charge in [-0.3, -0.25) is 9.69 Å². The summed E-state index contributed by atoms with van der Waals surface area (Å²) in [7, 11) is 3.22. The van der Waals surface area contributed by atoms with Crippen LogP contribution in [0.5, 0.6) is 11.5 Å². The fraction of sp³-hybridized carbons (Fsp3) is 0.120. The average molecular weight is 449 g/mol. The minimum absolute atomic E-state index is 0.263. The second-order valence-corrected chi connectivity index (χ2v) is 7.86. The molecule has 7 heteroatoms. The van der Waals surface area contributed by atoms with Crippen molar-refractivity contribution < 1.29 is 18.7 Å². The van der Waals surface area contributed by atoms with Gasteiger partial charge in [-0.2, -0.15) is 0 Å². The summed E-state index contributed by atoms with van der Waals surface area (Å²) >= 11 is 1.40. The molecule has 0 saturated carbocycles. The summed E-state index contributed by atoms with van der Waals surface area (Å²) in [5.41, 5.74) is 2.66. The zero-order valence-electron chi connectivity index (χ0n) is 17.6. The number of halogens is 1. The lowest BCUT2D eigenvalue weighted by Crippen LogP contribution is -2.30. The SMILES string of the molecule is COc1ccc(OC)c(CSC2=N/C(=C\c3ccccc3)C(=O)N2c2ccc(F)cc2)c1. The highest BCUT2D eigenvalue weighted by molar-refractivity contribution is 8.13. The Bertz CT molecular complexity index is 1180. The number of thioether (sulfide) groups is 1. The molecule has 0 aliphatic carbocycles. The van der Waals surface area contributed by atoms with Crippen LogP contribution in [-0.2, 0) is 10.5 Å². The zero-order valence-corrected chi connectivity index (χ0v) is 18.4. The van der Waals surface area contributed by atoms with Crippen molar-refractivity contribution in [2.24, 2.45) is 4.99 Å². The lowest BCUT2D eigenvalue weighted by molar-refractivity contribution is -0.113. The average Bonchev–Trinajstić information content (AvgIpc) is 3.13. The van der Waals surface area contributed by atoms with Crippen LogP contribution >= 0.6 is 11.8 Å². The van der Waals surface area contributed by atoms with Crippen molar-refractivity contribution in [3.8, 4) is 11.5 Å². The number of anilines is 1. The molecule has 0 fully saturated rings. The standard InChI is InChI=1S/C25H21FN2O3S/c1-30-21-12-13-23(31-2)18(15-21)16-32-25-27-22(14-17-6-4-3-5-7-17)24(29)28(25)20-10-8-19(26)9-11-20/h3-15H,16H2,1-2H3/b22-14-. The summed E-state index contributed by atoms with van der Waals surface area (Å²) in [6, 6.07) is 20.9. The number of hydrogen-bond acceptors (Lipinski definition) is 5. The van der Waals surface area contributed by atoms with E-state index >= 15 is 0 Å². The maximum absolute atomic E-state index is 13.5. The number of amidine groups is 1. The van der Waals surface area contributed by atoms with E-state index in [2.05, 4.69) is 4.99 Å². The first-order chi connectivity index (χ1) is 15.6. The van der Waals surface area contributed by atoms with E-state index in [4.69, 9.17) is 9.47 Å². The molecule has 0 spiro atoms. The molecule has 4 rings (SSSR count). The Morgan fingerprint density at radius 3 is 2.44 bits per heavy atom. The molecule has 1 aliphatic rings. The van der Waals surface area contributed by atoms with Crippen LogP contribution in [0.15, 0.2) is 83.5 Å². The van der Waals surface area contributed by atoms with Crippen LogP contribution in [0.3, 0.4) is 0 Å². The van der Waals surface area contributed by atoms with Crippen molar-refractivity contribution in [2.75, 3.05) is 19.1 Å². The molecule has 3 aromatic carbocycles. The number of hydrogen-bond donors (Lipinski definition) is 0. The Balaban J connectivity index is 1.67. The highest BCUT2D eigenvalue weighted by atomic mass is 32.2. The Morgan fingerprint density at radius 2 is 1.75 bits per heavy atom. The number of nitrogens with zero attached hydrogens (tertiary/aromatic N) is 2. The first kappa shape index (κ1) is 21.6. The first-order valence-electron chi connectivity index (χ1n) is 9.88. The topological polar surface area (TPSA) is 51.1 Å². The van der Waals surface area contributed by atoms with Crippen molar-refractivity contribution in [1.82, 2.24) is 0 Å². The predicted molar refractivity (Wildman–Crippen MR) is 127 cm³/mol. The molecule has 0 unspecified atom stereocenters. The summed E-state index contributed by atoms with van der Waals surface area (Å²) in [4.78, 5) is 19.3. The molecule has 0 bridgehead atoms. The lowest BCUT2D eigenvalue weighted by atomic mass is 10.2. The number of ether oxygens (including phenoxy) is 2. The smallest absolute Gasteiger partial charge is 0.283 e. The summed E-state index contributed by atoms with van der Waals surface area (Å²) in [6.45, 7) is 0. The molecule has 162 valence electrons. The van der Waals surface area contributed by atoms with E-state index in [9.17, 15) is 9.18 Å². The lowest BCUT2D eigenvalue weighted by Gasteiger charge is -2.18. The van der Waals surface area contributed by atoms with Gasteiger partial charge in [0, 0.05) is 11.3 Å². The van der Waals surface area contributed by atoms with Crippen molar-refractivity contribution in [2.45, 2.75) is 5.75 Å². The molecular weight excluding hydrogens is 427 g/mol. The Kier molecular flexibility index (Phi) is 6.56. The first-order valence-corrected chi connectivity index (χ1v) is 10.9. The van der Waals surface area contributed by atoms with Crippen molar-refractivity contribution >= 4 is 34.6 Å². The molecule has 0 N–H and O–H groups in total. The minimum atomic E-state index is -0.368. The van der Waals surface area contributed by atoms with E-state index in [0.717, 1.165) is 16.9 Å². The van der Waals surface area contributed by atoms with Gasteiger partial charge in [-0.05, 0) is 54.1 Å². The van der Waals surface area contributed by atoms with Gasteiger partial charge < -0.3 is 9.47 Å². The number of rotatable bonds is 6. The van der Waals surface area contributed by atoms with Gasteiger partial charge >= 0.3 is 0 Å². The van der Waals surface area contributed by atoms with Crippen LogP contribution in [0.2, 0.25) is 0 Å². The van der Waals surface area contributed by atoms with E-state index in [-0.39, 0.29) is 11.7 Å². The van der Waals surface area contributed by atoms with E-state index < -0.39 is 0 Å². The summed E-state index contributed by atoms with van der Waals surface area (Å²) in [6.07, 6.45) is 1.75. The molecule has 5 nitrogen and oxygen atoms in total. The third-order valence-corrected chi connectivity index (χ3v) is 5.85. The van der Waals surface area contributed by atoms with Crippen LogP contribution < -0.4 is 14.4 Å². The van der Waals surface area contributed by atoms with Crippen LogP contribution in [0.4, 0.5) is 10.1 Å². The number of carbonyl (C=O) groups is 1. The van der Waals surface area contributed by atoms with Crippen molar-refractivity contribution in [3.63, 3.8) is 0 Å². The fourth-order valence-electron chi connectivity index (χ4n) is 3.26. The maximum Gasteiger partial charge on any atom is 0.283 e. The molecule has 1 heterocycles. The zero-order chi connectivity index (χ0) is 22.5. The Morgan fingerprint density at radius 1 is 1.00 bits per heavy atom. The highest BCUT2D eigenvalue weighted by Crippen LogP contribution is 2.33. The second kappa shape index (κ2) is 9.70. The third-order valence-electron chi connectivity index (χ3n) is 4.86. The predicted octanol–water partition coefficient (Wildman–Crippen LogP) is 5.52. The molecule has 0 aromatic heterocycles. The van der Waals surface area contributed by atoms with E-state index in [1.807, 2.05) is 48.5 Å². The third kappa shape index (κ3) is 4.68. The largest absolute Gasteiger partial charge is 0.497 e. The number of methoxy groups -OCH3 is 2. The normalized spacial score (nSPS) is 14.6. The van der Waals surface area contributed by atoms with Crippen LogP contribution in [0, 0.1) is 5.82 Å². The van der Waals surface area contributed by atoms with Crippen molar-refractivity contribution in [1.29, 1.82) is 0 Å². The summed E-state index contributed by atoms with van der Waals surface area (Å²) in [5, 5.41) is 0.508. The molecule has 0 atom stereocenters. The molecular formula is C25H21FN2O3S. The van der Waals surface area contributed by atoms with Gasteiger partial charge in [-0.15, -0.1) is 0 Å². The molecule has 1 amide bonds. The van der Waals surface area contributed by atoms with Gasteiger partial charge in [0.1, 0.15) is 23.0 Å². The molecule has 0 radical (unpaired) electrons. The number of benzene rings is 3. The Labute approximate surface area is 190 Å². The highest BCUT2D eigenvalue weighted by Gasteiger charge is 2.32. The monoisotopic (exact) mass is 448 g/mol.